The molecule has 0 aliphatic heterocycles. The number of methoxy groups -OCH3 is 1. The number of amides is 1. The largest absolute Gasteiger partial charge is 0.469 e. The van der Waals surface area contributed by atoms with Gasteiger partial charge in [0.25, 0.3) is 0 Å². The van der Waals surface area contributed by atoms with Crippen LogP contribution in [-0.2, 0) is 25.7 Å². The van der Waals surface area contributed by atoms with E-state index in [2.05, 4.69) is 0 Å². The molecule has 0 radical (unpaired) electrons. The van der Waals surface area contributed by atoms with E-state index >= 15 is 0 Å². The molecule has 0 bridgehead atoms. The highest BCUT2D eigenvalue weighted by atomic mass is 16.6. The molecule has 28 heavy (non-hydrogen) atoms. The molecular weight excluding hydrogens is 358 g/mol. The van der Waals surface area contributed by atoms with Crippen LogP contribution in [0.3, 0.4) is 0 Å². The van der Waals surface area contributed by atoms with Gasteiger partial charge in [-0.15, -0.1) is 0 Å². The van der Waals surface area contributed by atoms with Gasteiger partial charge in [0.05, 0.1) is 19.6 Å². The van der Waals surface area contributed by atoms with Crippen molar-refractivity contribution in [1.82, 2.24) is 4.90 Å². The zero-order chi connectivity index (χ0) is 21.1. The van der Waals surface area contributed by atoms with Gasteiger partial charge in [-0.2, -0.15) is 0 Å². The quantitative estimate of drug-likeness (QED) is 0.532. The van der Waals surface area contributed by atoms with E-state index in [0.29, 0.717) is 13.0 Å². The monoisotopic (exact) mass is 391 g/mol. The Bertz CT molecular complexity index is 627. The standard InChI is InChI=1S/C22H33NO5/c1-16(2)11-19(21(25)27-5)12-20(24)14-23(13-17(3)4)22(26)28-15-18-9-7-6-8-10-18/h6-10,16-17,19H,11-15H2,1-5H3. The van der Waals surface area contributed by atoms with Crippen LogP contribution in [0.1, 0.15) is 46.1 Å². The number of Topliss-reactive ketones (excluding diaryl/α,β-unsaturated/α-hetero) is 1. The third-order valence-corrected chi connectivity index (χ3v) is 4.18. The molecule has 1 aromatic carbocycles. The lowest BCUT2D eigenvalue weighted by atomic mass is 9.92. The lowest BCUT2D eigenvalue weighted by Gasteiger charge is -2.24. The summed E-state index contributed by atoms with van der Waals surface area (Å²) in [7, 11) is 1.33. The van der Waals surface area contributed by atoms with Crippen LogP contribution in [0, 0.1) is 17.8 Å². The van der Waals surface area contributed by atoms with Crippen LogP contribution < -0.4 is 0 Å². The highest BCUT2D eigenvalue weighted by molar-refractivity contribution is 5.87. The van der Waals surface area contributed by atoms with Gasteiger partial charge in [-0.25, -0.2) is 4.79 Å². The Morgan fingerprint density at radius 2 is 1.64 bits per heavy atom. The number of benzene rings is 1. The normalized spacial score (nSPS) is 12.0. The number of esters is 1. The van der Waals surface area contributed by atoms with E-state index in [1.54, 1.807) is 0 Å². The molecule has 0 saturated carbocycles. The number of ketones is 1. The van der Waals surface area contributed by atoms with Gasteiger partial charge in [0, 0.05) is 13.0 Å². The Balaban J connectivity index is 2.70. The zero-order valence-electron chi connectivity index (χ0n) is 17.6. The summed E-state index contributed by atoms with van der Waals surface area (Å²) in [6.07, 6.45) is 0.108. The van der Waals surface area contributed by atoms with Gasteiger partial charge in [-0.05, 0) is 23.8 Å². The molecule has 0 spiro atoms. The molecule has 1 atom stereocenters. The van der Waals surface area contributed by atoms with Crippen LogP contribution in [0.25, 0.3) is 0 Å². The third kappa shape index (κ3) is 9.02. The minimum absolute atomic E-state index is 0.0609. The third-order valence-electron chi connectivity index (χ3n) is 4.18. The first kappa shape index (κ1) is 23.7. The summed E-state index contributed by atoms with van der Waals surface area (Å²) in [4.78, 5) is 38.4. The van der Waals surface area contributed by atoms with Gasteiger partial charge < -0.3 is 14.4 Å². The molecule has 0 saturated heterocycles. The van der Waals surface area contributed by atoms with Gasteiger partial charge >= 0.3 is 12.1 Å². The Hall–Kier alpha value is -2.37. The number of hydrogen-bond donors (Lipinski definition) is 0. The van der Waals surface area contributed by atoms with E-state index < -0.39 is 12.0 Å². The van der Waals surface area contributed by atoms with Gasteiger partial charge in [-0.3, -0.25) is 9.59 Å². The van der Waals surface area contributed by atoms with Crippen molar-refractivity contribution in [3.8, 4) is 0 Å². The van der Waals surface area contributed by atoms with E-state index in [0.717, 1.165) is 5.56 Å². The number of ether oxygens (including phenoxy) is 2. The first-order valence-corrected chi connectivity index (χ1v) is 9.78. The highest BCUT2D eigenvalue weighted by Gasteiger charge is 2.26. The van der Waals surface area contributed by atoms with E-state index in [1.807, 2.05) is 58.0 Å². The smallest absolute Gasteiger partial charge is 0.410 e. The number of carbonyl (C=O) groups excluding carboxylic acids is 3. The van der Waals surface area contributed by atoms with Crippen molar-refractivity contribution in [2.24, 2.45) is 17.8 Å². The maximum Gasteiger partial charge on any atom is 0.410 e. The summed E-state index contributed by atoms with van der Waals surface area (Å²) in [5.74, 6) is -0.597. The molecule has 0 heterocycles. The fraction of sp³-hybridized carbons (Fsp3) is 0.591. The SMILES string of the molecule is COC(=O)C(CC(=O)CN(CC(C)C)C(=O)OCc1ccccc1)CC(C)C. The van der Waals surface area contributed by atoms with Crippen molar-refractivity contribution in [3.63, 3.8) is 0 Å². The number of carbonyl (C=O) groups is 3. The van der Waals surface area contributed by atoms with Crippen LogP contribution in [0.4, 0.5) is 4.79 Å². The van der Waals surface area contributed by atoms with Crippen molar-refractivity contribution < 1.29 is 23.9 Å². The first-order chi connectivity index (χ1) is 13.2. The molecule has 6 heteroatoms. The fourth-order valence-corrected chi connectivity index (χ4v) is 3.01. The first-order valence-electron chi connectivity index (χ1n) is 9.78. The van der Waals surface area contributed by atoms with Crippen LogP contribution in [0.2, 0.25) is 0 Å². The molecule has 0 aromatic heterocycles. The van der Waals surface area contributed by atoms with Crippen molar-refractivity contribution in [2.45, 2.75) is 47.1 Å². The lowest BCUT2D eigenvalue weighted by Crippen LogP contribution is -2.39. The maximum absolute atomic E-state index is 12.6. The molecule has 0 N–H and O–H groups in total. The maximum atomic E-state index is 12.6. The van der Waals surface area contributed by atoms with Gasteiger partial charge in [0.2, 0.25) is 0 Å². The van der Waals surface area contributed by atoms with Crippen molar-refractivity contribution >= 4 is 17.8 Å². The van der Waals surface area contributed by atoms with Crippen molar-refractivity contribution in [2.75, 3.05) is 20.2 Å². The lowest BCUT2D eigenvalue weighted by molar-refractivity contribution is -0.147. The second-order valence-corrected chi connectivity index (χ2v) is 7.91. The van der Waals surface area contributed by atoms with Gasteiger partial charge in [0.15, 0.2) is 5.78 Å². The summed E-state index contributed by atoms with van der Waals surface area (Å²) in [6, 6.07) is 9.39. The van der Waals surface area contributed by atoms with Crippen molar-refractivity contribution in [3.05, 3.63) is 35.9 Å². The Morgan fingerprint density at radius 3 is 2.18 bits per heavy atom. The second kappa shape index (κ2) is 12.2. The number of rotatable bonds is 11. The summed E-state index contributed by atoms with van der Waals surface area (Å²) in [6.45, 7) is 8.42. The molecule has 1 amide bonds. The molecule has 156 valence electrons. The summed E-state index contributed by atoms with van der Waals surface area (Å²) >= 11 is 0. The fourth-order valence-electron chi connectivity index (χ4n) is 3.01. The summed E-state index contributed by atoms with van der Waals surface area (Å²) in [5, 5.41) is 0. The molecule has 0 aliphatic rings. The molecular formula is C22H33NO5. The van der Waals surface area contributed by atoms with Crippen molar-refractivity contribution in [1.29, 1.82) is 0 Å². The predicted molar refractivity (Wildman–Crippen MR) is 108 cm³/mol. The van der Waals surface area contributed by atoms with Crippen LogP contribution in [0.5, 0.6) is 0 Å². The molecule has 0 aliphatic carbocycles. The number of nitrogens with zero attached hydrogens (tertiary/aromatic N) is 1. The minimum atomic E-state index is -0.524. The zero-order valence-corrected chi connectivity index (χ0v) is 17.6. The Labute approximate surface area is 168 Å². The van der Waals surface area contributed by atoms with Gasteiger partial charge in [-0.1, -0.05) is 58.0 Å². The van der Waals surface area contributed by atoms with E-state index in [1.165, 1.54) is 12.0 Å². The predicted octanol–water partition coefficient (Wildman–Crippen LogP) is 4.08. The number of hydrogen-bond acceptors (Lipinski definition) is 5. The van der Waals surface area contributed by atoms with Crippen LogP contribution >= 0.6 is 0 Å². The average Bonchev–Trinajstić information content (AvgIpc) is 2.64. The van der Waals surface area contributed by atoms with E-state index in [9.17, 15) is 14.4 Å². The average molecular weight is 392 g/mol. The van der Waals surface area contributed by atoms with Crippen LogP contribution in [0.15, 0.2) is 30.3 Å². The molecule has 6 nitrogen and oxygen atoms in total. The molecule has 0 fully saturated rings. The Kier molecular flexibility index (Phi) is 10.3. The van der Waals surface area contributed by atoms with Gasteiger partial charge in [0.1, 0.15) is 6.61 Å². The highest BCUT2D eigenvalue weighted by Crippen LogP contribution is 2.18. The molecule has 1 unspecified atom stereocenters. The summed E-state index contributed by atoms with van der Waals surface area (Å²) in [5.41, 5.74) is 0.884. The summed E-state index contributed by atoms with van der Waals surface area (Å²) < 4.78 is 10.2. The topological polar surface area (TPSA) is 72.9 Å². The van der Waals surface area contributed by atoms with E-state index in [4.69, 9.17) is 9.47 Å². The van der Waals surface area contributed by atoms with E-state index in [-0.39, 0.29) is 43.2 Å². The van der Waals surface area contributed by atoms with Crippen LogP contribution in [-0.4, -0.2) is 42.9 Å². The molecule has 1 aromatic rings. The second-order valence-electron chi connectivity index (χ2n) is 7.91. The molecule has 1 rings (SSSR count). The minimum Gasteiger partial charge on any atom is -0.469 e. The Morgan fingerprint density at radius 1 is 1.00 bits per heavy atom.